The second-order valence-electron chi connectivity index (χ2n) is 6.90. The topological polar surface area (TPSA) is 70.8 Å². The van der Waals surface area contributed by atoms with Crippen LogP contribution in [0, 0.1) is 5.92 Å². The number of para-hydroxylation sites is 1. The maximum absolute atomic E-state index is 13.2. The third kappa shape index (κ3) is 3.32. The molecule has 0 bridgehead atoms. The monoisotopic (exact) mass is 430 g/mol. The lowest BCUT2D eigenvalue weighted by atomic mass is 9.80. The molecule has 2 fully saturated rings. The van der Waals surface area contributed by atoms with Crippen molar-refractivity contribution in [3.63, 3.8) is 0 Å². The Morgan fingerprint density at radius 1 is 1.11 bits per heavy atom. The molecule has 3 atom stereocenters. The number of benzene rings is 1. The van der Waals surface area contributed by atoms with E-state index in [9.17, 15) is 14.4 Å². The van der Waals surface area contributed by atoms with Crippen molar-refractivity contribution in [1.29, 1.82) is 0 Å². The number of amides is 3. The number of nitrogens with zero attached hydrogens (tertiary/aromatic N) is 2. The van der Waals surface area contributed by atoms with Crippen molar-refractivity contribution < 1.29 is 18.8 Å². The minimum Gasteiger partial charge on any atom is -0.461 e. The Bertz CT molecular complexity index is 852. The summed E-state index contributed by atoms with van der Waals surface area (Å²) < 4.78 is 5.18. The van der Waals surface area contributed by atoms with Gasteiger partial charge in [0.15, 0.2) is 5.76 Å². The first-order valence-corrected chi connectivity index (χ1v) is 9.88. The SMILES string of the molecule is O=C(CN1C(=O)N(c2ccccc2)C(=O)C2CC(Br)CCC21)c1ccco1. The highest BCUT2D eigenvalue weighted by Gasteiger charge is 2.49. The molecule has 2 aromatic rings. The van der Waals surface area contributed by atoms with E-state index in [1.54, 1.807) is 41.3 Å². The van der Waals surface area contributed by atoms with E-state index < -0.39 is 6.03 Å². The molecule has 140 valence electrons. The lowest BCUT2D eigenvalue weighted by molar-refractivity contribution is -0.126. The van der Waals surface area contributed by atoms with Gasteiger partial charge in [0.2, 0.25) is 11.7 Å². The highest BCUT2D eigenvalue weighted by Crippen LogP contribution is 2.38. The van der Waals surface area contributed by atoms with Gasteiger partial charge in [-0.05, 0) is 43.5 Å². The zero-order valence-corrected chi connectivity index (χ0v) is 16.2. The number of anilines is 1. The molecule has 1 aromatic carbocycles. The van der Waals surface area contributed by atoms with Crippen molar-refractivity contribution in [2.24, 2.45) is 5.92 Å². The first-order valence-electron chi connectivity index (χ1n) is 8.96. The molecule has 2 aliphatic rings. The Morgan fingerprint density at radius 2 is 1.89 bits per heavy atom. The van der Waals surface area contributed by atoms with E-state index in [-0.39, 0.29) is 40.8 Å². The number of rotatable bonds is 4. The fraction of sp³-hybridized carbons (Fsp3) is 0.350. The summed E-state index contributed by atoms with van der Waals surface area (Å²) in [5.74, 6) is -0.570. The number of urea groups is 1. The lowest BCUT2D eigenvalue weighted by Gasteiger charge is -2.47. The smallest absolute Gasteiger partial charge is 0.332 e. The summed E-state index contributed by atoms with van der Waals surface area (Å²) in [5, 5.41) is 0. The number of alkyl halides is 1. The van der Waals surface area contributed by atoms with E-state index in [0.29, 0.717) is 18.5 Å². The highest BCUT2D eigenvalue weighted by atomic mass is 79.9. The van der Waals surface area contributed by atoms with E-state index in [1.165, 1.54) is 11.2 Å². The minimum atomic E-state index is -0.444. The van der Waals surface area contributed by atoms with Gasteiger partial charge < -0.3 is 9.32 Å². The molecule has 2 heterocycles. The van der Waals surface area contributed by atoms with Crippen molar-refractivity contribution >= 4 is 39.3 Å². The quantitative estimate of drug-likeness (QED) is 0.545. The van der Waals surface area contributed by atoms with E-state index in [2.05, 4.69) is 15.9 Å². The van der Waals surface area contributed by atoms with Gasteiger partial charge in [-0.2, -0.15) is 0 Å². The van der Waals surface area contributed by atoms with Crippen LogP contribution in [0.5, 0.6) is 0 Å². The molecule has 27 heavy (non-hydrogen) atoms. The highest BCUT2D eigenvalue weighted by molar-refractivity contribution is 9.09. The fourth-order valence-corrected chi connectivity index (χ4v) is 4.61. The van der Waals surface area contributed by atoms with Crippen molar-refractivity contribution in [3.8, 4) is 0 Å². The van der Waals surface area contributed by atoms with Gasteiger partial charge in [-0.15, -0.1) is 0 Å². The van der Waals surface area contributed by atoms with Crippen LogP contribution in [0.2, 0.25) is 0 Å². The first kappa shape index (κ1) is 18.0. The van der Waals surface area contributed by atoms with Crippen LogP contribution in [0.3, 0.4) is 0 Å². The van der Waals surface area contributed by atoms with Crippen LogP contribution < -0.4 is 4.90 Å². The number of halogens is 1. The predicted molar refractivity (Wildman–Crippen MR) is 103 cm³/mol. The number of hydrogen-bond donors (Lipinski definition) is 0. The molecule has 4 rings (SSSR count). The molecular weight excluding hydrogens is 412 g/mol. The van der Waals surface area contributed by atoms with Gasteiger partial charge in [-0.3, -0.25) is 9.59 Å². The van der Waals surface area contributed by atoms with Crippen LogP contribution in [0.25, 0.3) is 0 Å². The van der Waals surface area contributed by atoms with Crippen LogP contribution in [-0.2, 0) is 4.79 Å². The lowest BCUT2D eigenvalue weighted by Crippen LogP contribution is -2.64. The molecule has 0 N–H and O–H groups in total. The zero-order valence-electron chi connectivity index (χ0n) is 14.6. The van der Waals surface area contributed by atoms with Gasteiger partial charge in [0.25, 0.3) is 0 Å². The van der Waals surface area contributed by atoms with Gasteiger partial charge in [0, 0.05) is 10.9 Å². The largest absolute Gasteiger partial charge is 0.461 e. The second-order valence-corrected chi connectivity index (χ2v) is 8.20. The number of furan rings is 1. The average Bonchev–Trinajstić information content (AvgIpc) is 3.21. The number of carbonyl (C=O) groups is 3. The third-order valence-corrected chi connectivity index (χ3v) is 6.08. The summed E-state index contributed by atoms with van der Waals surface area (Å²) >= 11 is 3.62. The molecule has 1 saturated heterocycles. The standard InChI is InChI=1S/C20H19BrN2O4/c21-13-8-9-16-15(11-13)19(25)23(14-5-2-1-3-6-14)20(26)22(16)12-17(24)18-7-4-10-27-18/h1-7,10,13,15-16H,8-9,11-12H2. The van der Waals surface area contributed by atoms with Crippen molar-refractivity contribution in [2.45, 2.75) is 30.1 Å². The summed E-state index contributed by atoms with van der Waals surface area (Å²) in [6, 6.07) is 11.4. The maximum atomic E-state index is 13.2. The predicted octanol–water partition coefficient (Wildman–Crippen LogP) is 3.86. The summed E-state index contributed by atoms with van der Waals surface area (Å²) in [6.45, 7) is -0.100. The van der Waals surface area contributed by atoms with Crippen LogP contribution >= 0.6 is 15.9 Å². The second kappa shape index (κ2) is 7.31. The van der Waals surface area contributed by atoms with Gasteiger partial charge in [0.1, 0.15) is 0 Å². The van der Waals surface area contributed by atoms with Gasteiger partial charge in [-0.1, -0.05) is 34.1 Å². The Labute approximate surface area is 165 Å². The molecule has 3 amide bonds. The molecule has 0 spiro atoms. The normalized spacial score (nSPS) is 25.4. The van der Waals surface area contributed by atoms with Crippen LogP contribution in [0.1, 0.15) is 29.8 Å². The van der Waals surface area contributed by atoms with E-state index in [1.807, 2.05) is 6.07 Å². The number of carbonyl (C=O) groups excluding carboxylic acids is 3. The molecule has 7 heteroatoms. The fourth-order valence-electron chi connectivity index (χ4n) is 3.94. The van der Waals surface area contributed by atoms with Crippen molar-refractivity contribution in [1.82, 2.24) is 4.90 Å². The molecule has 3 unspecified atom stereocenters. The molecular formula is C20H19BrN2O4. The number of hydrogen-bond acceptors (Lipinski definition) is 4. The maximum Gasteiger partial charge on any atom is 0.332 e. The molecule has 1 aromatic heterocycles. The Hall–Kier alpha value is -2.41. The third-order valence-electron chi connectivity index (χ3n) is 5.25. The van der Waals surface area contributed by atoms with Crippen LogP contribution in [-0.4, -0.2) is 40.0 Å². The number of Topliss-reactive ketones (excluding diaryl/α,β-unsaturated/α-hetero) is 1. The zero-order chi connectivity index (χ0) is 19.0. The molecule has 1 saturated carbocycles. The number of ketones is 1. The van der Waals surface area contributed by atoms with Crippen LogP contribution in [0.4, 0.5) is 10.5 Å². The summed E-state index contributed by atoms with van der Waals surface area (Å²) in [5.41, 5.74) is 0.526. The number of fused-ring (bicyclic) bond motifs is 1. The van der Waals surface area contributed by atoms with E-state index in [0.717, 1.165) is 6.42 Å². The molecule has 1 aliphatic carbocycles. The summed E-state index contributed by atoms with van der Waals surface area (Å²) in [4.78, 5) is 41.9. The van der Waals surface area contributed by atoms with Gasteiger partial charge in [-0.25, -0.2) is 9.69 Å². The Morgan fingerprint density at radius 3 is 2.59 bits per heavy atom. The van der Waals surface area contributed by atoms with Gasteiger partial charge >= 0.3 is 6.03 Å². The van der Waals surface area contributed by atoms with Crippen molar-refractivity contribution in [3.05, 3.63) is 54.5 Å². The van der Waals surface area contributed by atoms with Crippen LogP contribution in [0.15, 0.2) is 53.1 Å². The number of imide groups is 1. The van der Waals surface area contributed by atoms with Crippen molar-refractivity contribution in [2.75, 3.05) is 11.4 Å². The first-order chi connectivity index (χ1) is 13.1. The Kier molecular flexibility index (Phi) is 4.86. The van der Waals surface area contributed by atoms with E-state index >= 15 is 0 Å². The minimum absolute atomic E-state index is 0.100. The molecule has 0 radical (unpaired) electrons. The summed E-state index contributed by atoms with van der Waals surface area (Å²) in [6.07, 6.45) is 3.63. The summed E-state index contributed by atoms with van der Waals surface area (Å²) in [7, 11) is 0. The Balaban J connectivity index is 1.68. The molecule has 1 aliphatic heterocycles. The van der Waals surface area contributed by atoms with Gasteiger partial charge in [0.05, 0.1) is 24.4 Å². The average molecular weight is 431 g/mol. The molecule has 6 nitrogen and oxygen atoms in total. The van der Waals surface area contributed by atoms with E-state index in [4.69, 9.17) is 4.42 Å².